The molecule has 1 fully saturated rings. The van der Waals surface area contributed by atoms with Gasteiger partial charge in [0, 0.05) is 35.4 Å². The van der Waals surface area contributed by atoms with E-state index in [9.17, 15) is 0 Å². The topological polar surface area (TPSA) is 15.3 Å². The van der Waals surface area contributed by atoms with Crippen molar-refractivity contribution >= 4 is 11.3 Å². The van der Waals surface area contributed by atoms with E-state index in [1.165, 1.54) is 28.3 Å². The van der Waals surface area contributed by atoms with Crippen LogP contribution in [0.4, 0.5) is 0 Å². The third kappa shape index (κ3) is 4.31. The van der Waals surface area contributed by atoms with Gasteiger partial charge in [0.2, 0.25) is 0 Å². The lowest BCUT2D eigenvalue weighted by molar-refractivity contribution is 0.256. The molecule has 1 aromatic heterocycles. The Morgan fingerprint density at radius 3 is 2.75 bits per heavy atom. The maximum Gasteiger partial charge on any atom is 0.0300 e. The summed E-state index contributed by atoms with van der Waals surface area (Å²) < 4.78 is 0. The Bertz CT molecular complexity index is 425. The van der Waals surface area contributed by atoms with Gasteiger partial charge in [-0.3, -0.25) is 4.90 Å². The van der Waals surface area contributed by atoms with Gasteiger partial charge in [0.05, 0.1) is 0 Å². The molecule has 1 N–H and O–H groups in total. The molecule has 0 aliphatic carbocycles. The molecule has 0 bridgehead atoms. The molecule has 2 atom stereocenters. The normalized spacial score (nSPS) is 23.9. The minimum absolute atomic E-state index is 0.725. The number of rotatable bonds is 6. The van der Waals surface area contributed by atoms with Crippen molar-refractivity contribution in [1.82, 2.24) is 10.2 Å². The summed E-state index contributed by atoms with van der Waals surface area (Å²) in [5.74, 6) is 1.58. The monoisotopic (exact) mass is 294 g/mol. The highest BCUT2D eigenvalue weighted by molar-refractivity contribution is 7.12. The first kappa shape index (κ1) is 16.0. The fraction of sp³-hybridized carbons (Fsp3) is 0.765. The zero-order valence-corrected chi connectivity index (χ0v) is 14.5. The van der Waals surface area contributed by atoms with E-state index in [1.807, 2.05) is 11.3 Å². The van der Waals surface area contributed by atoms with Crippen LogP contribution in [0.25, 0.3) is 0 Å². The van der Waals surface area contributed by atoms with Gasteiger partial charge in [0.25, 0.3) is 0 Å². The van der Waals surface area contributed by atoms with Crippen molar-refractivity contribution in [3.63, 3.8) is 0 Å². The van der Waals surface area contributed by atoms with Gasteiger partial charge in [-0.25, -0.2) is 0 Å². The summed E-state index contributed by atoms with van der Waals surface area (Å²) in [6.07, 6.45) is 1.35. The number of aryl methyl sites for hydroxylation is 1. The summed E-state index contributed by atoms with van der Waals surface area (Å²) >= 11 is 1.96. The summed E-state index contributed by atoms with van der Waals surface area (Å²) in [4.78, 5) is 5.63. The molecule has 114 valence electrons. The Balaban J connectivity index is 1.90. The quantitative estimate of drug-likeness (QED) is 0.852. The van der Waals surface area contributed by atoms with Crippen molar-refractivity contribution in [3.05, 3.63) is 21.4 Å². The molecule has 2 heterocycles. The van der Waals surface area contributed by atoms with Gasteiger partial charge in [0.15, 0.2) is 0 Å². The van der Waals surface area contributed by atoms with E-state index in [2.05, 4.69) is 50.9 Å². The highest BCUT2D eigenvalue weighted by atomic mass is 32.1. The van der Waals surface area contributed by atoms with Crippen molar-refractivity contribution in [2.24, 2.45) is 11.8 Å². The van der Waals surface area contributed by atoms with Crippen LogP contribution in [0.15, 0.2) is 6.07 Å². The molecular formula is C17H30N2S. The lowest BCUT2D eigenvalue weighted by atomic mass is 10.1. The SMILES string of the molecule is Cc1sc(CNCC(C)C)cc1CN1CC(C)CC1C. The highest BCUT2D eigenvalue weighted by Crippen LogP contribution is 2.28. The molecule has 0 radical (unpaired) electrons. The Kier molecular flexibility index (Phi) is 5.65. The third-order valence-electron chi connectivity index (χ3n) is 4.21. The van der Waals surface area contributed by atoms with Crippen LogP contribution in [0.5, 0.6) is 0 Å². The number of thiophene rings is 1. The van der Waals surface area contributed by atoms with Crippen molar-refractivity contribution < 1.29 is 0 Å². The first-order valence-corrected chi connectivity index (χ1v) is 8.80. The molecule has 1 saturated heterocycles. The van der Waals surface area contributed by atoms with E-state index in [-0.39, 0.29) is 0 Å². The molecule has 2 nitrogen and oxygen atoms in total. The fourth-order valence-electron chi connectivity index (χ4n) is 3.14. The Morgan fingerprint density at radius 1 is 1.40 bits per heavy atom. The van der Waals surface area contributed by atoms with Gasteiger partial charge in [-0.2, -0.15) is 0 Å². The first-order chi connectivity index (χ1) is 9.45. The van der Waals surface area contributed by atoms with E-state index >= 15 is 0 Å². The number of hydrogen-bond acceptors (Lipinski definition) is 3. The predicted octanol–water partition coefficient (Wildman–Crippen LogP) is 4.03. The van der Waals surface area contributed by atoms with Crippen LogP contribution in [0.1, 0.15) is 49.4 Å². The van der Waals surface area contributed by atoms with Crippen LogP contribution in [0.2, 0.25) is 0 Å². The zero-order chi connectivity index (χ0) is 14.7. The molecule has 2 rings (SSSR count). The van der Waals surface area contributed by atoms with Gasteiger partial charge >= 0.3 is 0 Å². The average molecular weight is 295 g/mol. The molecule has 20 heavy (non-hydrogen) atoms. The molecular weight excluding hydrogens is 264 g/mol. The second-order valence-electron chi connectivity index (χ2n) is 6.94. The van der Waals surface area contributed by atoms with Gasteiger partial charge in [-0.1, -0.05) is 20.8 Å². The second-order valence-corrected chi connectivity index (χ2v) is 8.28. The van der Waals surface area contributed by atoms with E-state index < -0.39 is 0 Å². The lowest BCUT2D eigenvalue weighted by Crippen LogP contribution is -2.26. The molecule has 0 amide bonds. The summed E-state index contributed by atoms with van der Waals surface area (Å²) in [6, 6.07) is 3.16. The molecule has 0 aromatic carbocycles. The van der Waals surface area contributed by atoms with Crippen LogP contribution >= 0.6 is 11.3 Å². The number of hydrogen-bond donors (Lipinski definition) is 1. The van der Waals surface area contributed by atoms with Crippen LogP contribution in [-0.2, 0) is 13.1 Å². The van der Waals surface area contributed by atoms with E-state index in [0.29, 0.717) is 0 Å². The van der Waals surface area contributed by atoms with Crippen molar-refractivity contribution in [1.29, 1.82) is 0 Å². The predicted molar refractivity (Wildman–Crippen MR) is 89.3 cm³/mol. The van der Waals surface area contributed by atoms with Gasteiger partial charge < -0.3 is 5.32 Å². The van der Waals surface area contributed by atoms with E-state index in [1.54, 1.807) is 0 Å². The molecule has 3 heteroatoms. The van der Waals surface area contributed by atoms with Crippen molar-refractivity contribution in [2.45, 2.75) is 60.2 Å². The molecule has 1 aliphatic heterocycles. The third-order valence-corrected chi connectivity index (χ3v) is 5.30. The Labute approximate surface area is 128 Å². The van der Waals surface area contributed by atoms with Crippen LogP contribution < -0.4 is 5.32 Å². The minimum Gasteiger partial charge on any atom is -0.312 e. The molecule has 1 aliphatic rings. The molecule has 2 unspecified atom stereocenters. The maximum absolute atomic E-state index is 3.55. The number of nitrogens with zero attached hydrogens (tertiary/aromatic N) is 1. The Hall–Kier alpha value is -0.380. The van der Waals surface area contributed by atoms with Crippen LogP contribution in [-0.4, -0.2) is 24.0 Å². The smallest absolute Gasteiger partial charge is 0.0300 e. The summed E-state index contributed by atoms with van der Waals surface area (Å²) in [5, 5.41) is 3.55. The molecule has 0 spiro atoms. The standard InChI is InChI=1S/C17H30N2S/c1-12(2)8-18-9-17-7-16(15(5)20-17)11-19-10-13(3)6-14(19)4/h7,12-14,18H,6,8-11H2,1-5H3. The number of likely N-dealkylation sites (tertiary alicyclic amines) is 1. The molecule has 0 saturated carbocycles. The van der Waals surface area contributed by atoms with Crippen molar-refractivity contribution in [2.75, 3.05) is 13.1 Å². The minimum atomic E-state index is 0.725. The van der Waals surface area contributed by atoms with Gasteiger partial charge in [-0.05, 0) is 50.3 Å². The Morgan fingerprint density at radius 2 is 2.15 bits per heavy atom. The maximum atomic E-state index is 3.55. The van der Waals surface area contributed by atoms with Crippen molar-refractivity contribution in [3.8, 4) is 0 Å². The fourth-order valence-corrected chi connectivity index (χ4v) is 4.16. The zero-order valence-electron chi connectivity index (χ0n) is 13.7. The lowest BCUT2D eigenvalue weighted by Gasteiger charge is -2.20. The van der Waals surface area contributed by atoms with Crippen LogP contribution in [0, 0.1) is 18.8 Å². The summed E-state index contributed by atoms with van der Waals surface area (Å²) in [6.45, 7) is 16.1. The summed E-state index contributed by atoms with van der Waals surface area (Å²) in [5.41, 5.74) is 1.54. The van der Waals surface area contributed by atoms with E-state index in [0.717, 1.165) is 37.5 Å². The van der Waals surface area contributed by atoms with E-state index in [4.69, 9.17) is 0 Å². The first-order valence-electron chi connectivity index (χ1n) is 7.98. The number of nitrogens with one attached hydrogen (secondary N) is 1. The molecule has 1 aromatic rings. The average Bonchev–Trinajstić information content (AvgIpc) is 2.83. The van der Waals surface area contributed by atoms with Gasteiger partial charge in [0.1, 0.15) is 0 Å². The van der Waals surface area contributed by atoms with Gasteiger partial charge in [-0.15, -0.1) is 11.3 Å². The second kappa shape index (κ2) is 7.06. The highest BCUT2D eigenvalue weighted by Gasteiger charge is 2.26. The summed E-state index contributed by atoms with van der Waals surface area (Å²) in [7, 11) is 0. The largest absolute Gasteiger partial charge is 0.312 e. The van der Waals surface area contributed by atoms with Crippen LogP contribution in [0.3, 0.4) is 0 Å².